The van der Waals surface area contributed by atoms with Gasteiger partial charge in [-0.05, 0) is 33.1 Å². The minimum Gasteiger partial charge on any atom is -0.463 e. The lowest BCUT2D eigenvalue weighted by molar-refractivity contribution is -0.306. The summed E-state index contributed by atoms with van der Waals surface area (Å²) in [4.78, 5) is 34.9. The minimum absolute atomic E-state index is 0.0272. The summed E-state index contributed by atoms with van der Waals surface area (Å²) in [5.41, 5.74) is 0. The number of carbonyl (C=O) groups excluding carboxylic acids is 3. The van der Waals surface area contributed by atoms with E-state index in [4.69, 9.17) is 37.9 Å². The molecule has 11 nitrogen and oxygen atoms in total. The van der Waals surface area contributed by atoms with E-state index < -0.39 is 54.4 Å². The summed E-state index contributed by atoms with van der Waals surface area (Å²) >= 11 is 0. The van der Waals surface area contributed by atoms with Crippen molar-refractivity contribution in [2.45, 2.75) is 96.5 Å². The predicted molar refractivity (Wildman–Crippen MR) is 112 cm³/mol. The highest BCUT2D eigenvalue weighted by Gasteiger charge is 2.51. The Morgan fingerprint density at radius 2 is 1.61 bits per heavy atom. The second-order valence-corrected chi connectivity index (χ2v) is 8.51. The molecular formula is C22H36O11. The van der Waals surface area contributed by atoms with Crippen LogP contribution in [0.2, 0.25) is 0 Å². The molecule has 2 saturated heterocycles. The van der Waals surface area contributed by atoms with E-state index in [0.717, 1.165) is 12.8 Å². The molecule has 0 N–H and O–H groups in total. The Hall–Kier alpha value is -1.79. The van der Waals surface area contributed by atoms with Crippen molar-refractivity contribution in [3.05, 3.63) is 0 Å². The van der Waals surface area contributed by atoms with Crippen LogP contribution in [0.4, 0.5) is 0 Å². The molecule has 0 aromatic heterocycles. The molecule has 11 heteroatoms. The van der Waals surface area contributed by atoms with Gasteiger partial charge in [0.2, 0.25) is 0 Å². The Labute approximate surface area is 194 Å². The van der Waals surface area contributed by atoms with Gasteiger partial charge in [0, 0.05) is 34.5 Å². The zero-order chi connectivity index (χ0) is 24.6. The van der Waals surface area contributed by atoms with Crippen LogP contribution in [0.1, 0.15) is 53.9 Å². The molecule has 0 aromatic carbocycles. The maximum Gasteiger partial charge on any atom is 0.303 e. The zero-order valence-corrected chi connectivity index (χ0v) is 20.2. The molecule has 0 saturated carbocycles. The lowest BCUT2D eigenvalue weighted by Crippen LogP contribution is -2.62. The van der Waals surface area contributed by atoms with Gasteiger partial charge in [-0.3, -0.25) is 14.4 Å². The molecule has 0 radical (unpaired) electrons. The normalized spacial score (nSPS) is 31.1. The second-order valence-electron chi connectivity index (χ2n) is 8.51. The molecule has 0 bridgehead atoms. The van der Waals surface area contributed by atoms with E-state index in [-0.39, 0.29) is 12.7 Å². The number of unbranched alkanes of at least 4 members (excludes halogenated alkanes) is 1. The van der Waals surface area contributed by atoms with Gasteiger partial charge >= 0.3 is 17.9 Å². The number of hydrogen-bond donors (Lipinski definition) is 0. The Bertz CT molecular complexity index is 665. The number of ether oxygens (including phenoxy) is 8. The molecular weight excluding hydrogens is 440 g/mol. The molecule has 6 atom stereocenters. The van der Waals surface area contributed by atoms with Gasteiger partial charge in [0.1, 0.15) is 18.8 Å². The van der Waals surface area contributed by atoms with Gasteiger partial charge in [0.15, 0.2) is 24.3 Å². The Morgan fingerprint density at radius 3 is 2.15 bits per heavy atom. The highest BCUT2D eigenvalue weighted by molar-refractivity contribution is 5.67. The molecule has 190 valence electrons. The van der Waals surface area contributed by atoms with Crippen molar-refractivity contribution in [3.63, 3.8) is 0 Å². The van der Waals surface area contributed by atoms with Gasteiger partial charge in [-0.15, -0.1) is 0 Å². The topological polar surface area (TPSA) is 125 Å². The molecule has 0 aromatic rings. The van der Waals surface area contributed by atoms with Crippen molar-refractivity contribution in [1.82, 2.24) is 0 Å². The molecule has 1 unspecified atom stereocenters. The van der Waals surface area contributed by atoms with Crippen LogP contribution < -0.4 is 0 Å². The predicted octanol–water partition coefficient (Wildman–Crippen LogP) is 1.49. The van der Waals surface area contributed by atoms with Crippen LogP contribution in [0.15, 0.2) is 0 Å². The van der Waals surface area contributed by atoms with Crippen LogP contribution in [0, 0.1) is 0 Å². The maximum atomic E-state index is 11.8. The van der Waals surface area contributed by atoms with Crippen molar-refractivity contribution in [3.8, 4) is 0 Å². The summed E-state index contributed by atoms with van der Waals surface area (Å²) in [5, 5.41) is 0. The first kappa shape index (κ1) is 27.5. The summed E-state index contributed by atoms with van der Waals surface area (Å²) in [6.07, 6.45) is -2.43. The maximum absolute atomic E-state index is 11.8. The van der Waals surface area contributed by atoms with Crippen molar-refractivity contribution in [1.29, 1.82) is 0 Å². The van der Waals surface area contributed by atoms with E-state index >= 15 is 0 Å². The van der Waals surface area contributed by atoms with Gasteiger partial charge < -0.3 is 37.9 Å². The SMILES string of the molecule is CO[C@H]1O[C@H](COC(C)=O)[C@@H](OCCCCC2COC(C)(C)O2)[C@H](OC(C)=O)[C@H]1OC(C)=O. The van der Waals surface area contributed by atoms with E-state index in [1.54, 1.807) is 0 Å². The van der Waals surface area contributed by atoms with Gasteiger partial charge in [0.05, 0.1) is 12.7 Å². The Morgan fingerprint density at radius 1 is 0.939 bits per heavy atom. The van der Waals surface area contributed by atoms with E-state index in [2.05, 4.69) is 0 Å². The monoisotopic (exact) mass is 476 g/mol. The third kappa shape index (κ3) is 8.82. The van der Waals surface area contributed by atoms with E-state index in [9.17, 15) is 14.4 Å². The van der Waals surface area contributed by atoms with Crippen molar-refractivity contribution >= 4 is 17.9 Å². The highest BCUT2D eigenvalue weighted by Crippen LogP contribution is 2.30. The number of esters is 3. The van der Waals surface area contributed by atoms with Crippen LogP contribution in [-0.4, -0.2) is 87.4 Å². The molecule has 2 fully saturated rings. The summed E-state index contributed by atoms with van der Waals surface area (Å²) in [7, 11) is 1.37. The molecule has 33 heavy (non-hydrogen) atoms. The molecule has 0 spiro atoms. The van der Waals surface area contributed by atoms with Crippen LogP contribution in [0.25, 0.3) is 0 Å². The number of hydrogen-bond acceptors (Lipinski definition) is 11. The summed E-state index contributed by atoms with van der Waals surface area (Å²) < 4.78 is 44.5. The van der Waals surface area contributed by atoms with Crippen molar-refractivity contribution in [2.75, 3.05) is 26.9 Å². The molecule has 2 rings (SSSR count). The van der Waals surface area contributed by atoms with Gasteiger partial charge in [-0.2, -0.15) is 0 Å². The lowest BCUT2D eigenvalue weighted by atomic mass is 9.98. The van der Waals surface area contributed by atoms with Crippen LogP contribution in [0.5, 0.6) is 0 Å². The molecule has 0 aliphatic carbocycles. The lowest BCUT2D eigenvalue weighted by Gasteiger charge is -2.44. The molecule has 2 heterocycles. The van der Waals surface area contributed by atoms with E-state index in [0.29, 0.717) is 19.6 Å². The summed E-state index contributed by atoms with van der Waals surface area (Å²) in [6.45, 7) is 8.21. The van der Waals surface area contributed by atoms with Crippen molar-refractivity contribution < 1.29 is 52.3 Å². The number of rotatable bonds is 11. The number of carbonyl (C=O) groups is 3. The quantitative estimate of drug-likeness (QED) is 0.245. The first-order valence-electron chi connectivity index (χ1n) is 11.1. The third-order valence-electron chi connectivity index (χ3n) is 5.18. The van der Waals surface area contributed by atoms with Gasteiger partial charge in [-0.25, -0.2) is 0 Å². The summed E-state index contributed by atoms with van der Waals surface area (Å²) in [5.74, 6) is -2.25. The first-order chi connectivity index (χ1) is 15.5. The summed E-state index contributed by atoms with van der Waals surface area (Å²) in [6, 6.07) is 0. The van der Waals surface area contributed by atoms with E-state index in [1.807, 2.05) is 13.8 Å². The smallest absolute Gasteiger partial charge is 0.303 e. The zero-order valence-electron chi connectivity index (χ0n) is 20.2. The first-order valence-corrected chi connectivity index (χ1v) is 11.1. The van der Waals surface area contributed by atoms with Crippen LogP contribution in [0.3, 0.4) is 0 Å². The van der Waals surface area contributed by atoms with E-state index in [1.165, 1.54) is 27.9 Å². The highest BCUT2D eigenvalue weighted by atomic mass is 16.7. The Balaban J connectivity index is 2.04. The third-order valence-corrected chi connectivity index (χ3v) is 5.18. The Kier molecular flexibility index (Phi) is 10.5. The fourth-order valence-corrected chi connectivity index (χ4v) is 3.84. The van der Waals surface area contributed by atoms with Crippen molar-refractivity contribution in [2.24, 2.45) is 0 Å². The largest absolute Gasteiger partial charge is 0.463 e. The molecule has 2 aliphatic rings. The number of methoxy groups -OCH3 is 1. The molecule has 0 amide bonds. The van der Waals surface area contributed by atoms with Crippen LogP contribution >= 0.6 is 0 Å². The minimum atomic E-state index is -1.05. The fourth-order valence-electron chi connectivity index (χ4n) is 3.84. The van der Waals surface area contributed by atoms with Gasteiger partial charge in [-0.1, -0.05) is 0 Å². The molecule has 2 aliphatic heterocycles. The average molecular weight is 477 g/mol. The average Bonchev–Trinajstić information content (AvgIpc) is 3.06. The van der Waals surface area contributed by atoms with Crippen LogP contribution in [-0.2, 0) is 52.3 Å². The second kappa shape index (κ2) is 12.6. The fraction of sp³-hybridized carbons (Fsp3) is 0.864. The van der Waals surface area contributed by atoms with Gasteiger partial charge in [0.25, 0.3) is 0 Å². The standard InChI is InChI=1S/C22H36O11/c1-13(23)28-12-17-18(27-10-8-7-9-16-11-29-22(4,5)33-16)19(30-14(2)24)20(31-15(3)25)21(26-6)32-17/h16-21H,7-12H2,1-6H3/t16?,17-,18-,19+,20-,21+/m1/s1.